The molecule has 1 saturated heterocycles. The molecule has 1 fully saturated rings. The molecule has 3 rings (SSSR count). The van der Waals surface area contributed by atoms with Crippen molar-refractivity contribution >= 4 is 17.4 Å². The van der Waals surface area contributed by atoms with Crippen molar-refractivity contribution in [1.82, 2.24) is 4.90 Å². The maximum absolute atomic E-state index is 10.7. The number of piperazine rings is 1. The third kappa shape index (κ3) is 6.59. The molecule has 30 heavy (non-hydrogen) atoms. The molecule has 0 aliphatic carbocycles. The van der Waals surface area contributed by atoms with Gasteiger partial charge in [0.05, 0.1) is 12.1 Å². The summed E-state index contributed by atoms with van der Waals surface area (Å²) in [6.45, 7) is 5.54. The Labute approximate surface area is 178 Å². The van der Waals surface area contributed by atoms with Gasteiger partial charge in [0.2, 0.25) is 0 Å². The first-order valence-electron chi connectivity index (χ1n) is 10.7. The SMILES string of the molecule is O=C(O)CC/C(=N/O)c1ccc(CCCCN2CCN(c3ccccc3)CC2)cc1. The van der Waals surface area contributed by atoms with E-state index in [0.29, 0.717) is 5.71 Å². The van der Waals surface area contributed by atoms with E-state index in [1.54, 1.807) is 0 Å². The zero-order valence-corrected chi connectivity index (χ0v) is 17.4. The number of carboxylic acids is 1. The minimum Gasteiger partial charge on any atom is -0.481 e. The van der Waals surface area contributed by atoms with Crippen molar-refractivity contribution < 1.29 is 15.1 Å². The largest absolute Gasteiger partial charge is 0.481 e. The smallest absolute Gasteiger partial charge is 0.303 e. The van der Waals surface area contributed by atoms with Crippen LogP contribution < -0.4 is 4.90 Å². The van der Waals surface area contributed by atoms with Gasteiger partial charge in [0.15, 0.2) is 0 Å². The molecular weight excluding hydrogens is 378 g/mol. The first-order chi connectivity index (χ1) is 14.7. The van der Waals surface area contributed by atoms with Crippen molar-refractivity contribution in [3.63, 3.8) is 0 Å². The van der Waals surface area contributed by atoms with Crippen LogP contribution in [0.3, 0.4) is 0 Å². The summed E-state index contributed by atoms with van der Waals surface area (Å²) < 4.78 is 0. The number of anilines is 1. The number of hydrogen-bond donors (Lipinski definition) is 2. The van der Waals surface area contributed by atoms with Crippen molar-refractivity contribution in [1.29, 1.82) is 0 Å². The number of aliphatic carboxylic acids is 1. The fraction of sp³-hybridized carbons (Fsp3) is 0.417. The highest BCUT2D eigenvalue weighted by atomic mass is 16.4. The molecule has 0 atom stereocenters. The molecule has 1 heterocycles. The summed E-state index contributed by atoms with van der Waals surface area (Å²) in [7, 11) is 0. The number of carboxylic acid groups (broad SMARTS) is 1. The Hall–Kier alpha value is -2.86. The molecular formula is C24H31N3O3. The van der Waals surface area contributed by atoms with Crippen LogP contribution in [0.2, 0.25) is 0 Å². The van der Waals surface area contributed by atoms with Crippen LogP contribution in [0.25, 0.3) is 0 Å². The zero-order chi connectivity index (χ0) is 21.2. The number of hydrogen-bond acceptors (Lipinski definition) is 5. The van der Waals surface area contributed by atoms with Crippen LogP contribution in [-0.4, -0.2) is 59.6 Å². The molecule has 1 aliphatic rings. The zero-order valence-electron chi connectivity index (χ0n) is 17.4. The van der Waals surface area contributed by atoms with Gasteiger partial charge in [0, 0.05) is 38.3 Å². The number of oxime groups is 1. The first kappa shape index (κ1) is 21.8. The van der Waals surface area contributed by atoms with Crippen LogP contribution in [0.1, 0.15) is 36.8 Å². The number of para-hydroxylation sites is 1. The highest BCUT2D eigenvalue weighted by Gasteiger charge is 2.16. The Morgan fingerprint density at radius 2 is 1.60 bits per heavy atom. The van der Waals surface area contributed by atoms with Gasteiger partial charge in [0.25, 0.3) is 0 Å². The summed E-state index contributed by atoms with van der Waals surface area (Å²) in [5, 5.41) is 21.2. The molecule has 0 bridgehead atoms. The molecule has 0 spiro atoms. The van der Waals surface area contributed by atoms with Crippen LogP contribution in [0, 0.1) is 0 Å². The number of benzene rings is 2. The van der Waals surface area contributed by atoms with Crippen molar-refractivity contribution in [2.45, 2.75) is 32.1 Å². The Bertz CT molecular complexity index is 813. The van der Waals surface area contributed by atoms with E-state index < -0.39 is 5.97 Å². The van der Waals surface area contributed by atoms with Crippen LogP contribution in [0.4, 0.5) is 5.69 Å². The Balaban J connectivity index is 1.35. The fourth-order valence-corrected chi connectivity index (χ4v) is 3.87. The maximum atomic E-state index is 10.7. The van der Waals surface area contributed by atoms with Gasteiger partial charge >= 0.3 is 5.97 Å². The number of unbranched alkanes of at least 4 members (excludes halogenated alkanes) is 1. The van der Waals surface area contributed by atoms with Crippen LogP contribution in [-0.2, 0) is 11.2 Å². The summed E-state index contributed by atoms with van der Waals surface area (Å²) in [6.07, 6.45) is 3.52. The van der Waals surface area contributed by atoms with Crippen LogP contribution in [0.15, 0.2) is 59.8 Å². The highest BCUT2D eigenvalue weighted by molar-refractivity contribution is 6.01. The van der Waals surface area contributed by atoms with Crippen LogP contribution >= 0.6 is 0 Å². The van der Waals surface area contributed by atoms with E-state index in [1.807, 2.05) is 24.3 Å². The van der Waals surface area contributed by atoms with E-state index in [4.69, 9.17) is 10.3 Å². The maximum Gasteiger partial charge on any atom is 0.303 e. The van der Waals surface area contributed by atoms with Gasteiger partial charge in [0.1, 0.15) is 0 Å². The average molecular weight is 410 g/mol. The fourth-order valence-electron chi connectivity index (χ4n) is 3.87. The Morgan fingerprint density at radius 3 is 2.23 bits per heavy atom. The van der Waals surface area contributed by atoms with E-state index >= 15 is 0 Å². The standard InChI is InChI=1S/C24H31N3O3/c28-24(29)14-13-23(25-30)21-11-9-20(10-12-21)6-4-5-15-26-16-18-27(19-17-26)22-7-2-1-3-8-22/h1-3,7-12,30H,4-6,13-19H2,(H,28,29)/b25-23-. The monoisotopic (exact) mass is 409 g/mol. The molecule has 1 aliphatic heterocycles. The molecule has 160 valence electrons. The predicted molar refractivity (Wildman–Crippen MR) is 120 cm³/mol. The van der Waals surface area contributed by atoms with E-state index in [0.717, 1.165) is 51.1 Å². The summed E-state index contributed by atoms with van der Waals surface area (Å²) in [4.78, 5) is 15.7. The van der Waals surface area contributed by atoms with Gasteiger partial charge in [-0.15, -0.1) is 0 Å². The van der Waals surface area contributed by atoms with Gasteiger partial charge in [-0.3, -0.25) is 9.69 Å². The van der Waals surface area contributed by atoms with Gasteiger partial charge < -0.3 is 15.2 Å². The lowest BCUT2D eigenvalue weighted by Gasteiger charge is -2.36. The summed E-state index contributed by atoms with van der Waals surface area (Å²) >= 11 is 0. The Kier molecular flexibility index (Phi) is 8.27. The lowest BCUT2D eigenvalue weighted by atomic mass is 10.0. The second-order valence-corrected chi connectivity index (χ2v) is 7.76. The van der Waals surface area contributed by atoms with E-state index in [-0.39, 0.29) is 12.8 Å². The number of carbonyl (C=O) groups is 1. The third-order valence-corrected chi connectivity index (χ3v) is 5.67. The van der Waals surface area contributed by atoms with E-state index in [9.17, 15) is 4.79 Å². The first-order valence-corrected chi connectivity index (χ1v) is 10.7. The van der Waals surface area contributed by atoms with Gasteiger partial charge in [-0.05, 0) is 49.1 Å². The summed E-state index contributed by atoms with van der Waals surface area (Å²) in [5.74, 6) is -0.894. The summed E-state index contributed by atoms with van der Waals surface area (Å²) in [5.41, 5.74) is 3.76. The summed E-state index contributed by atoms with van der Waals surface area (Å²) in [6, 6.07) is 18.5. The second kappa shape index (κ2) is 11.4. The average Bonchev–Trinajstić information content (AvgIpc) is 2.79. The quantitative estimate of drug-likeness (QED) is 0.270. The molecule has 0 unspecified atom stereocenters. The number of nitrogens with zero attached hydrogens (tertiary/aromatic N) is 3. The van der Waals surface area contributed by atoms with Crippen molar-refractivity contribution in [3.8, 4) is 0 Å². The normalized spacial score (nSPS) is 15.3. The Morgan fingerprint density at radius 1 is 0.900 bits per heavy atom. The van der Waals surface area contributed by atoms with E-state index in [2.05, 4.69) is 45.3 Å². The molecule has 2 aromatic rings. The minimum absolute atomic E-state index is 0.0409. The molecule has 2 N–H and O–H groups in total. The van der Waals surface area contributed by atoms with E-state index in [1.165, 1.54) is 17.7 Å². The van der Waals surface area contributed by atoms with Crippen molar-refractivity contribution in [2.24, 2.45) is 5.16 Å². The molecule has 2 aromatic carbocycles. The molecule has 0 saturated carbocycles. The molecule has 0 radical (unpaired) electrons. The van der Waals surface area contributed by atoms with Crippen LogP contribution in [0.5, 0.6) is 0 Å². The second-order valence-electron chi connectivity index (χ2n) is 7.76. The highest BCUT2D eigenvalue weighted by Crippen LogP contribution is 2.16. The molecule has 6 nitrogen and oxygen atoms in total. The van der Waals surface area contributed by atoms with Gasteiger partial charge in [-0.2, -0.15) is 0 Å². The number of aryl methyl sites for hydroxylation is 1. The predicted octanol–water partition coefficient (Wildman–Crippen LogP) is 3.87. The molecule has 0 aromatic heterocycles. The molecule has 6 heteroatoms. The van der Waals surface area contributed by atoms with Crippen molar-refractivity contribution in [3.05, 3.63) is 65.7 Å². The topological polar surface area (TPSA) is 76.4 Å². The minimum atomic E-state index is -0.894. The lowest BCUT2D eigenvalue weighted by Crippen LogP contribution is -2.46. The lowest BCUT2D eigenvalue weighted by molar-refractivity contribution is -0.136. The van der Waals surface area contributed by atoms with Gasteiger partial charge in [-0.1, -0.05) is 47.6 Å². The van der Waals surface area contributed by atoms with Crippen molar-refractivity contribution in [2.75, 3.05) is 37.6 Å². The molecule has 0 amide bonds. The number of rotatable bonds is 10. The van der Waals surface area contributed by atoms with Gasteiger partial charge in [-0.25, -0.2) is 0 Å². The third-order valence-electron chi connectivity index (χ3n) is 5.67.